The van der Waals surface area contributed by atoms with Gasteiger partial charge in [0.05, 0.1) is 11.3 Å². The lowest BCUT2D eigenvalue weighted by Crippen LogP contribution is -2.43. The van der Waals surface area contributed by atoms with Crippen molar-refractivity contribution in [3.05, 3.63) is 65.7 Å². The molecule has 0 saturated carbocycles. The number of hydrogen-bond donors (Lipinski definition) is 1. The molecule has 7 heteroatoms. The summed E-state index contributed by atoms with van der Waals surface area (Å²) in [5, 5.41) is 2.09. The molecule has 0 aliphatic heterocycles. The smallest absolute Gasteiger partial charge is 0.328 e. The van der Waals surface area contributed by atoms with Gasteiger partial charge in [0.1, 0.15) is 0 Å². The number of benzene rings is 2. The third-order valence-corrected chi connectivity index (χ3v) is 3.75. The Labute approximate surface area is 149 Å². The summed E-state index contributed by atoms with van der Waals surface area (Å²) < 4.78 is 39.1. The Morgan fingerprint density at radius 1 is 1.00 bits per heavy atom. The molecule has 0 unspecified atom stereocenters. The van der Waals surface area contributed by atoms with Gasteiger partial charge in [0.25, 0.3) is 0 Å². The quantitative estimate of drug-likeness (QED) is 0.831. The van der Waals surface area contributed by atoms with Crippen LogP contribution in [0.5, 0.6) is 0 Å². The third kappa shape index (κ3) is 4.84. The van der Waals surface area contributed by atoms with Crippen molar-refractivity contribution in [2.24, 2.45) is 0 Å². The summed E-state index contributed by atoms with van der Waals surface area (Å²) in [5.74, 6) is -1.99. The number of para-hydroxylation sites is 1. The number of anilines is 1. The third-order valence-electron chi connectivity index (χ3n) is 3.75. The molecule has 0 atom stereocenters. The molecule has 138 valence electrons. The van der Waals surface area contributed by atoms with E-state index in [0.29, 0.717) is 0 Å². The van der Waals surface area contributed by atoms with E-state index in [1.165, 1.54) is 17.0 Å². The number of alkyl halides is 3. The van der Waals surface area contributed by atoms with Crippen molar-refractivity contribution in [2.75, 3.05) is 5.32 Å². The Kier molecular flexibility index (Phi) is 6.02. The monoisotopic (exact) mass is 364 g/mol. The standard InChI is InChI=1S/C19H19F3N2O2/c1-13(2)24(12-14-8-4-3-5-9-14)18(26)17(25)23-16-11-7-6-10-15(16)19(20,21)22/h3-11,13H,12H2,1-2H3,(H,23,25). The summed E-state index contributed by atoms with van der Waals surface area (Å²) in [4.78, 5) is 26.1. The Morgan fingerprint density at radius 3 is 2.15 bits per heavy atom. The Morgan fingerprint density at radius 2 is 1.58 bits per heavy atom. The van der Waals surface area contributed by atoms with Crippen molar-refractivity contribution in [3.8, 4) is 0 Å². The summed E-state index contributed by atoms with van der Waals surface area (Å²) in [7, 11) is 0. The molecule has 0 saturated heterocycles. The number of nitrogens with one attached hydrogen (secondary N) is 1. The fourth-order valence-electron chi connectivity index (χ4n) is 2.41. The lowest BCUT2D eigenvalue weighted by molar-refractivity contribution is -0.145. The first-order valence-corrected chi connectivity index (χ1v) is 8.02. The van der Waals surface area contributed by atoms with E-state index in [1.54, 1.807) is 38.1 Å². The zero-order valence-electron chi connectivity index (χ0n) is 14.4. The molecule has 0 spiro atoms. The lowest BCUT2D eigenvalue weighted by Gasteiger charge is -2.26. The van der Waals surface area contributed by atoms with E-state index >= 15 is 0 Å². The fraction of sp³-hybridized carbons (Fsp3) is 0.263. The maximum atomic E-state index is 13.0. The van der Waals surface area contributed by atoms with Crippen LogP contribution in [0.25, 0.3) is 0 Å². The molecule has 0 radical (unpaired) electrons. The van der Waals surface area contributed by atoms with Crippen molar-refractivity contribution >= 4 is 17.5 Å². The summed E-state index contributed by atoms with van der Waals surface area (Å²) in [6.07, 6.45) is -4.63. The molecule has 0 aliphatic carbocycles. The van der Waals surface area contributed by atoms with Crippen LogP contribution in [-0.4, -0.2) is 22.8 Å². The van der Waals surface area contributed by atoms with Crippen molar-refractivity contribution in [1.29, 1.82) is 0 Å². The molecule has 1 N–H and O–H groups in total. The number of carbonyl (C=O) groups is 2. The Bertz CT molecular complexity index is 774. The van der Waals surface area contributed by atoms with Crippen LogP contribution in [0.2, 0.25) is 0 Å². The van der Waals surface area contributed by atoms with Crippen LogP contribution in [0.15, 0.2) is 54.6 Å². The van der Waals surface area contributed by atoms with Crippen LogP contribution >= 0.6 is 0 Å². The largest absolute Gasteiger partial charge is 0.418 e. The molecule has 0 fully saturated rings. The normalized spacial score (nSPS) is 11.3. The first-order valence-electron chi connectivity index (χ1n) is 8.02. The summed E-state index contributed by atoms with van der Waals surface area (Å²) in [6, 6.07) is 13.3. The van der Waals surface area contributed by atoms with Gasteiger partial charge in [-0.05, 0) is 31.5 Å². The molecule has 2 aromatic rings. The Hall–Kier alpha value is -2.83. The van der Waals surface area contributed by atoms with E-state index in [1.807, 2.05) is 6.07 Å². The van der Waals surface area contributed by atoms with Gasteiger partial charge in [-0.2, -0.15) is 13.2 Å². The van der Waals surface area contributed by atoms with Crippen LogP contribution in [0, 0.1) is 0 Å². The van der Waals surface area contributed by atoms with E-state index in [9.17, 15) is 22.8 Å². The van der Waals surface area contributed by atoms with Crippen LogP contribution in [-0.2, 0) is 22.3 Å². The molecule has 4 nitrogen and oxygen atoms in total. The van der Waals surface area contributed by atoms with Gasteiger partial charge in [-0.3, -0.25) is 9.59 Å². The second kappa shape index (κ2) is 8.03. The summed E-state index contributed by atoms with van der Waals surface area (Å²) in [5.41, 5.74) is -0.625. The van der Waals surface area contributed by atoms with Crippen molar-refractivity contribution in [1.82, 2.24) is 4.90 Å². The topological polar surface area (TPSA) is 49.4 Å². The minimum absolute atomic E-state index is 0.186. The van der Waals surface area contributed by atoms with E-state index in [-0.39, 0.29) is 12.6 Å². The minimum atomic E-state index is -4.63. The van der Waals surface area contributed by atoms with Crippen LogP contribution in [0.3, 0.4) is 0 Å². The minimum Gasteiger partial charge on any atom is -0.328 e. The van der Waals surface area contributed by atoms with Gasteiger partial charge in [-0.25, -0.2) is 0 Å². The van der Waals surface area contributed by atoms with Gasteiger partial charge in [-0.1, -0.05) is 42.5 Å². The second-order valence-corrected chi connectivity index (χ2v) is 6.01. The fourth-order valence-corrected chi connectivity index (χ4v) is 2.41. The Balaban J connectivity index is 2.19. The number of hydrogen-bond acceptors (Lipinski definition) is 2. The predicted octanol–water partition coefficient (Wildman–Crippen LogP) is 4.08. The molecule has 2 rings (SSSR count). The zero-order chi connectivity index (χ0) is 19.3. The zero-order valence-corrected chi connectivity index (χ0v) is 14.4. The van der Waals surface area contributed by atoms with E-state index in [4.69, 9.17) is 0 Å². The number of nitrogens with zero attached hydrogens (tertiary/aromatic N) is 1. The predicted molar refractivity (Wildman–Crippen MR) is 92.2 cm³/mol. The summed E-state index contributed by atoms with van der Waals surface area (Å²) in [6.45, 7) is 3.65. The highest BCUT2D eigenvalue weighted by molar-refractivity contribution is 6.39. The van der Waals surface area contributed by atoms with E-state index < -0.39 is 29.2 Å². The highest BCUT2D eigenvalue weighted by atomic mass is 19.4. The SMILES string of the molecule is CC(C)N(Cc1ccccc1)C(=O)C(=O)Nc1ccccc1C(F)(F)F. The molecule has 26 heavy (non-hydrogen) atoms. The molecular weight excluding hydrogens is 345 g/mol. The summed E-state index contributed by atoms with van der Waals surface area (Å²) >= 11 is 0. The number of rotatable bonds is 4. The molecular formula is C19H19F3N2O2. The number of carbonyl (C=O) groups excluding carboxylic acids is 2. The lowest BCUT2D eigenvalue weighted by atomic mass is 10.1. The van der Waals surface area contributed by atoms with Crippen LogP contribution < -0.4 is 5.32 Å². The molecule has 2 aromatic carbocycles. The maximum Gasteiger partial charge on any atom is 0.418 e. The highest BCUT2D eigenvalue weighted by Gasteiger charge is 2.34. The van der Waals surface area contributed by atoms with E-state index in [2.05, 4.69) is 5.32 Å². The molecule has 2 amide bonds. The van der Waals surface area contributed by atoms with E-state index in [0.717, 1.165) is 17.7 Å². The van der Waals surface area contributed by atoms with Gasteiger partial charge in [0.15, 0.2) is 0 Å². The van der Waals surface area contributed by atoms with Gasteiger partial charge < -0.3 is 10.2 Å². The van der Waals surface area contributed by atoms with Crippen LogP contribution in [0.1, 0.15) is 25.0 Å². The number of amides is 2. The van der Waals surface area contributed by atoms with Gasteiger partial charge >= 0.3 is 18.0 Å². The van der Waals surface area contributed by atoms with Crippen LogP contribution in [0.4, 0.5) is 18.9 Å². The second-order valence-electron chi connectivity index (χ2n) is 6.01. The highest BCUT2D eigenvalue weighted by Crippen LogP contribution is 2.34. The molecule has 0 heterocycles. The van der Waals surface area contributed by atoms with Crippen molar-refractivity contribution in [2.45, 2.75) is 32.6 Å². The van der Waals surface area contributed by atoms with Crippen molar-refractivity contribution in [3.63, 3.8) is 0 Å². The first-order chi connectivity index (χ1) is 12.2. The average molecular weight is 364 g/mol. The maximum absolute atomic E-state index is 13.0. The van der Waals surface area contributed by atoms with Gasteiger partial charge in [-0.15, -0.1) is 0 Å². The van der Waals surface area contributed by atoms with Crippen molar-refractivity contribution < 1.29 is 22.8 Å². The number of halogens is 3. The molecule has 0 bridgehead atoms. The molecule has 0 aliphatic rings. The van der Waals surface area contributed by atoms with Gasteiger partial charge in [0.2, 0.25) is 0 Å². The molecule has 0 aromatic heterocycles. The average Bonchev–Trinajstić information content (AvgIpc) is 2.59. The van der Waals surface area contributed by atoms with Gasteiger partial charge in [0, 0.05) is 12.6 Å². The first kappa shape index (κ1) is 19.5.